The van der Waals surface area contributed by atoms with E-state index in [1.807, 2.05) is 6.07 Å². The van der Waals surface area contributed by atoms with E-state index in [9.17, 15) is 4.39 Å². The van der Waals surface area contributed by atoms with Crippen molar-refractivity contribution in [1.82, 2.24) is 5.32 Å². The third kappa shape index (κ3) is 3.33. The van der Waals surface area contributed by atoms with Gasteiger partial charge in [0.05, 0.1) is 0 Å². The molecule has 1 saturated carbocycles. The Morgan fingerprint density at radius 3 is 2.67 bits per heavy atom. The molecule has 110 valence electrons. The summed E-state index contributed by atoms with van der Waals surface area (Å²) >= 11 is 0. The Hall–Kier alpha value is -1.67. The normalized spacial score (nSPS) is 22.0. The van der Waals surface area contributed by atoms with Gasteiger partial charge in [-0.25, -0.2) is 4.39 Å². The minimum Gasteiger partial charge on any atom is -0.316 e. The molecule has 1 N–H and O–H groups in total. The van der Waals surface area contributed by atoms with E-state index in [-0.39, 0.29) is 5.82 Å². The van der Waals surface area contributed by atoms with Crippen LogP contribution in [0.25, 0.3) is 0 Å². The molecule has 3 rings (SSSR count). The van der Waals surface area contributed by atoms with E-state index < -0.39 is 0 Å². The second kappa shape index (κ2) is 6.40. The molecule has 0 saturated heterocycles. The van der Waals surface area contributed by atoms with Gasteiger partial charge in [-0.05, 0) is 54.0 Å². The van der Waals surface area contributed by atoms with Gasteiger partial charge in [0.25, 0.3) is 0 Å². The van der Waals surface area contributed by atoms with Crippen LogP contribution in [0.5, 0.6) is 0 Å². The maximum Gasteiger partial charge on any atom is 0.123 e. The highest BCUT2D eigenvalue weighted by molar-refractivity contribution is 5.31. The lowest BCUT2D eigenvalue weighted by molar-refractivity contribution is 0.531. The molecule has 0 amide bonds. The molecule has 0 aliphatic heterocycles. The predicted molar refractivity (Wildman–Crippen MR) is 85.0 cm³/mol. The number of rotatable bonds is 6. The Morgan fingerprint density at radius 1 is 1.14 bits per heavy atom. The van der Waals surface area contributed by atoms with Crippen LogP contribution in [-0.2, 0) is 0 Å². The van der Waals surface area contributed by atoms with E-state index in [0.29, 0.717) is 17.8 Å². The molecule has 0 heterocycles. The molecule has 3 atom stereocenters. The number of hydrogen-bond acceptors (Lipinski definition) is 1. The van der Waals surface area contributed by atoms with Crippen molar-refractivity contribution in [3.05, 3.63) is 71.5 Å². The number of likely N-dealkylation sites (N-methyl/N-ethyl adjacent to an activating group) is 1. The van der Waals surface area contributed by atoms with E-state index in [1.54, 1.807) is 6.07 Å². The SMILES string of the molecule is CCNCC(c1cccc(F)c1)C1CC1c1ccccc1. The highest BCUT2D eigenvalue weighted by Gasteiger charge is 2.43. The molecule has 1 aliphatic rings. The fourth-order valence-electron chi connectivity index (χ4n) is 3.30. The van der Waals surface area contributed by atoms with Crippen LogP contribution < -0.4 is 5.32 Å². The molecule has 3 unspecified atom stereocenters. The summed E-state index contributed by atoms with van der Waals surface area (Å²) in [5.74, 6) is 1.50. The van der Waals surface area contributed by atoms with E-state index in [2.05, 4.69) is 48.6 Å². The largest absolute Gasteiger partial charge is 0.316 e. The zero-order valence-electron chi connectivity index (χ0n) is 12.4. The van der Waals surface area contributed by atoms with Crippen LogP contribution in [0.2, 0.25) is 0 Å². The number of hydrogen-bond donors (Lipinski definition) is 1. The fourth-order valence-corrected chi connectivity index (χ4v) is 3.30. The molecule has 21 heavy (non-hydrogen) atoms. The molecule has 0 radical (unpaired) electrons. The summed E-state index contributed by atoms with van der Waals surface area (Å²) in [6, 6.07) is 17.8. The minimum absolute atomic E-state index is 0.133. The Labute approximate surface area is 126 Å². The molecular formula is C19H22FN. The Bertz CT molecular complexity index is 581. The third-order valence-corrected chi connectivity index (χ3v) is 4.48. The van der Waals surface area contributed by atoms with Gasteiger partial charge in [-0.3, -0.25) is 0 Å². The standard InChI is InChI=1S/C19H22FN/c1-2-21-13-19(15-9-6-10-16(20)11-15)18-12-17(18)14-7-4-3-5-8-14/h3-11,17-19,21H,2,12-13H2,1H3. The molecule has 0 aromatic heterocycles. The molecule has 1 nitrogen and oxygen atoms in total. The van der Waals surface area contributed by atoms with Gasteiger partial charge in [-0.15, -0.1) is 0 Å². The van der Waals surface area contributed by atoms with Crippen molar-refractivity contribution in [3.63, 3.8) is 0 Å². The van der Waals surface area contributed by atoms with Gasteiger partial charge in [0.1, 0.15) is 5.82 Å². The van der Waals surface area contributed by atoms with Crippen molar-refractivity contribution < 1.29 is 4.39 Å². The monoisotopic (exact) mass is 283 g/mol. The van der Waals surface area contributed by atoms with E-state index >= 15 is 0 Å². The molecule has 0 bridgehead atoms. The molecule has 1 aliphatic carbocycles. The first-order chi connectivity index (χ1) is 10.3. The van der Waals surface area contributed by atoms with Crippen LogP contribution in [0, 0.1) is 11.7 Å². The van der Waals surface area contributed by atoms with Crippen molar-refractivity contribution in [3.8, 4) is 0 Å². The number of benzene rings is 2. The Morgan fingerprint density at radius 2 is 1.95 bits per heavy atom. The van der Waals surface area contributed by atoms with Crippen LogP contribution in [0.1, 0.15) is 36.3 Å². The van der Waals surface area contributed by atoms with Gasteiger partial charge >= 0.3 is 0 Å². The summed E-state index contributed by atoms with van der Waals surface area (Å²) < 4.78 is 13.5. The lowest BCUT2D eigenvalue weighted by Crippen LogP contribution is -2.23. The van der Waals surface area contributed by atoms with Crippen LogP contribution >= 0.6 is 0 Å². The van der Waals surface area contributed by atoms with E-state index in [0.717, 1.165) is 18.7 Å². The van der Waals surface area contributed by atoms with E-state index in [4.69, 9.17) is 0 Å². The highest BCUT2D eigenvalue weighted by Crippen LogP contribution is 2.54. The van der Waals surface area contributed by atoms with Crippen LogP contribution in [-0.4, -0.2) is 13.1 Å². The quantitative estimate of drug-likeness (QED) is 0.832. The molecule has 1 fully saturated rings. The van der Waals surface area contributed by atoms with Gasteiger partial charge in [0, 0.05) is 6.54 Å². The summed E-state index contributed by atoms with van der Waals surface area (Å²) in [5.41, 5.74) is 2.54. The summed E-state index contributed by atoms with van der Waals surface area (Å²) in [7, 11) is 0. The maximum atomic E-state index is 13.5. The number of nitrogens with one attached hydrogen (secondary N) is 1. The first kappa shape index (κ1) is 14.3. The lowest BCUT2D eigenvalue weighted by Gasteiger charge is -2.18. The summed E-state index contributed by atoms with van der Waals surface area (Å²) in [4.78, 5) is 0. The average molecular weight is 283 g/mol. The molecule has 2 aromatic carbocycles. The van der Waals surface area contributed by atoms with Crippen LogP contribution in [0.3, 0.4) is 0 Å². The fraction of sp³-hybridized carbons (Fsp3) is 0.368. The van der Waals surface area contributed by atoms with Gasteiger partial charge in [-0.2, -0.15) is 0 Å². The van der Waals surface area contributed by atoms with Crippen molar-refractivity contribution in [2.24, 2.45) is 5.92 Å². The average Bonchev–Trinajstić information content (AvgIpc) is 3.29. The van der Waals surface area contributed by atoms with Crippen molar-refractivity contribution in [1.29, 1.82) is 0 Å². The predicted octanol–water partition coefficient (Wildman–Crippen LogP) is 4.32. The smallest absolute Gasteiger partial charge is 0.123 e. The summed E-state index contributed by atoms with van der Waals surface area (Å²) in [6.45, 7) is 3.99. The van der Waals surface area contributed by atoms with Crippen molar-refractivity contribution >= 4 is 0 Å². The zero-order valence-corrected chi connectivity index (χ0v) is 12.4. The van der Waals surface area contributed by atoms with Crippen molar-refractivity contribution in [2.45, 2.75) is 25.2 Å². The first-order valence-electron chi connectivity index (χ1n) is 7.80. The maximum absolute atomic E-state index is 13.5. The number of halogens is 1. The summed E-state index contributed by atoms with van der Waals surface area (Å²) in [6.07, 6.45) is 1.20. The Balaban J connectivity index is 1.78. The van der Waals surface area contributed by atoms with Gasteiger partial charge in [-0.1, -0.05) is 49.4 Å². The topological polar surface area (TPSA) is 12.0 Å². The zero-order chi connectivity index (χ0) is 14.7. The minimum atomic E-state index is -0.133. The van der Waals surface area contributed by atoms with Crippen LogP contribution in [0.4, 0.5) is 4.39 Å². The second-order valence-electron chi connectivity index (χ2n) is 5.89. The second-order valence-corrected chi connectivity index (χ2v) is 5.89. The molecule has 2 aromatic rings. The highest BCUT2D eigenvalue weighted by atomic mass is 19.1. The summed E-state index contributed by atoms with van der Waals surface area (Å²) in [5, 5.41) is 3.44. The van der Waals surface area contributed by atoms with Gasteiger partial charge in [0.15, 0.2) is 0 Å². The van der Waals surface area contributed by atoms with Crippen molar-refractivity contribution in [2.75, 3.05) is 13.1 Å². The van der Waals surface area contributed by atoms with Gasteiger partial charge < -0.3 is 5.32 Å². The van der Waals surface area contributed by atoms with Crippen LogP contribution in [0.15, 0.2) is 54.6 Å². The molecular weight excluding hydrogens is 261 g/mol. The first-order valence-corrected chi connectivity index (χ1v) is 7.80. The van der Waals surface area contributed by atoms with Gasteiger partial charge in [0.2, 0.25) is 0 Å². The third-order valence-electron chi connectivity index (χ3n) is 4.48. The Kier molecular flexibility index (Phi) is 4.35. The molecule has 0 spiro atoms. The molecule has 2 heteroatoms. The lowest BCUT2D eigenvalue weighted by atomic mass is 9.91. The van der Waals surface area contributed by atoms with E-state index in [1.165, 1.54) is 18.1 Å².